The van der Waals surface area contributed by atoms with Crippen LogP contribution in [0, 0.1) is 11.3 Å². The van der Waals surface area contributed by atoms with Crippen LogP contribution >= 0.6 is 0 Å². The Balaban J connectivity index is 3.13. The van der Waals surface area contributed by atoms with Gasteiger partial charge in [0, 0.05) is 13.7 Å². The normalized spacial score (nSPS) is 9.92. The maximum Gasteiger partial charge on any atom is 0.140 e. The van der Waals surface area contributed by atoms with E-state index in [0.29, 0.717) is 30.2 Å². The Kier molecular flexibility index (Phi) is 2.88. The van der Waals surface area contributed by atoms with E-state index in [2.05, 4.69) is 5.10 Å². The number of nitriles is 1. The number of anilines is 1. The van der Waals surface area contributed by atoms with Crippen LogP contribution in [0.4, 0.5) is 5.82 Å². The number of hydrogen-bond donors (Lipinski definition) is 1. The Morgan fingerprint density at radius 1 is 1.69 bits per heavy atom. The summed E-state index contributed by atoms with van der Waals surface area (Å²) >= 11 is 0. The highest BCUT2D eigenvalue weighted by Gasteiger charge is 2.13. The van der Waals surface area contributed by atoms with Crippen molar-refractivity contribution in [3.8, 4) is 6.07 Å². The molecule has 0 aliphatic rings. The van der Waals surface area contributed by atoms with Gasteiger partial charge < -0.3 is 10.5 Å². The fourth-order valence-electron chi connectivity index (χ4n) is 1.13. The Morgan fingerprint density at radius 2 is 2.38 bits per heavy atom. The summed E-state index contributed by atoms with van der Waals surface area (Å²) in [5, 5.41) is 12.9. The quantitative estimate of drug-likeness (QED) is 0.734. The summed E-state index contributed by atoms with van der Waals surface area (Å²) in [6.45, 7) is 2.89. The molecule has 0 bridgehead atoms. The molecule has 0 atom stereocenters. The second-order valence-electron chi connectivity index (χ2n) is 2.57. The third-order valence-electron chi connectivity index (χ3n) is 1.76. The van der Waals surface area contributed by atoms with Gasteiger partial charge >= 0.3 is 0 Å². The number of aryl methyl sites for hydroxylation is 1. The van der Waals surface area contributed by atoms with E-state index in [0.717, 1.165) is 0 Å². The summed E-state index contributed by atoms with van der Waals surface area (Å²) in [7, 11) is 1.56. The zero-order valence-electron chi connectivity index (χ0n) is 7.74. The van der Waals surface area contributed by atoms with Crippen molar-refractivity contribution in [1.82, 2.24) is 9.78 Å². The third-order valence-corrected chi connectivity index (χ3v) is 1.76. The first-order valence-electron chi connectivity index (χ1n) is 3.98. The highest BCUT2D eigenvalue weighted by Crippen LogP contribution is 2.15. The van der Waals surface area contributed by atoms with Crippen LogP contribution in [0.3, 0.4) is 0 Å². The topological polar surface area (TPSA) is 76.9 Å². The van der Waals surface area contributed by atoms with E-state index in [1.165, 1.54) is 0 Å². The van der Waals surface area contributed by atoms with Crippen LogP contribution in [0.1, 0.15) is 18.2 Å². The number of hydrogen-bond acceptors (Lipinski definition) is 4. The van der Waals surface area contributed by atoms with Gasteiger partial charge in [-0.1, -0.05) is 0 Å². The van der Waals surface area contributed by atoms with Gasteiger partial charge in [-0.25, -0.2) is 4.68 Å². The Bertz CT molecular complexity index is 337. The van der Waals surface area contributed by atoms with Gasteiger partial charge in [0.15, 0.2) is 0 Å². The Hall–Kier alpha value is -1.54. The van der Waals surface area contributed by atoms with Crippen molar-refractivity contribution >= 4 is 5.82 Å². The van der Waals surface area contributed by atoms with Crippen molar-refractivity contribution in [3.05, 3.63) is 11.3 Å². The second kappa shape index (κ2) is 3.92. The van der Waals surface area contributed by atoms with Gasteiger partial charge in [-0.2, -0.15) is 10.4 Å². The van der Waals surface area contributed by atoms with E-state index < -0.39 is 0 Å². The van der Waals surface area contributed by atoms with Crippen LogP contribution in [0.25, 0.3) is 0 Å². The van der Waals surface area contributed by atoms with Crippen molar-refractivity contribution < 1.29 is 4.74 Å². The molecule has 0 unspecified atom stereocenters. The molecule has 13 heavy (non-hydrogen) atoms. The number of aromatic nitrogens is 2. The molecule has 5 nitrogen and oxygen atoms in total. The molecule has 1 aromatic rings. The smallest absolute Gasteiger partial charge is 0.140 e. The predicted octanol–water partition coefficient (Wildman–Crippen LogP) is 0.503. The SMILES string of the molecule is CCn1nc(COC)c(C#N)c1N. The molecule has 5 heteroatoms. The van der Waals surface area contributed by atoms with Gasteiger partial charge in [0.1, 0.15) is 23.1 Å². The average molecular weight is 180 g/mol. The minimum Gasteiger partial charge on any atom is -0.383 e. The molecule has 1 heterocycles. The zero-order valence-corrected chi connectivity index (χ0v) is 7.74. The second-order valence-corrected chi connectivity index (χ2v) is 2.57. The number of rotatable bonds is 3. The van der Waals surface area contributed by atoms with Crippen molar-refractivity contribution in [2.75, 3.05) is 12.8 Å². The molecule has 1 aromatic heterocycles. The molecule has 1 rings (SSSR count). The van der Waals surface area contributed by atoms with E-state index in [9.17, 15) is 0 Å². The molecule has 0 fully saturated rings. The third kappa shape index (κ3) is 1.63. The van der Waals surface area contributed by atoms with Gasteiger partial charge in [0.2, 0.25) is 0 Å². The van der Waals surface area contributed by atoms with E-state index in [4.69, 9.17) is 15.7 Å². The number of nitrogens with zero attached hydrogens (tertiary/aromatic N) is 3. The van der Waals surface area contributed by atoms with Gasteiger partial charge in [0.05, 0.1) is 6.61 Å². The molecule has 0 saturated carbocycles. The van der Waals surface area contributed by atoms with Gasteiger partial charge in [-0.05, 0) is 6.92 Å². The summed E-state index contributed by atoms with van der Waals surface area (Å²) in [5.41, 5.74) is 6.70. The van der Waals surface area contributed by atoms with Crippen LogP contribution in [-0.4, -0.2) is 16.9 Å². The standard InChI is InChI=1S/C8H12N4O/c1-3-12-8(10)6(4-9)7(11-12)5-13-2/h3,5,10H2,1-2H3. The molecule has 0 radical (unpaired) electrons. The fourth-order valence-corrected chi connectivity index (χ4v) is 1.13. The maximum atomic E-state index is 8.80. The summed E-state index contributed by atoms with van der Waals surface area (Å²) in [5.74, 6) is 0.414. The molecule has 0 aromatic carbocycles. The molecular formula is C8H12N4O. The summed E-state index contributed by atoms with van der Waals surface area (Å²) in [6.07, 6.45) is 0. The lowest BCUT2D eigenvalue weighted by atomic mass is 10.2. The lowest BCUT2D eigenvalue weighted by Gasteiger charge is -1.95. The fraction of sp³-hybridized carbons (Fsp3) is 0.500. The Morgan fingerprint density at radius 3 is 2.85 bits per heavy atom. The van der Waals surface area contributed by atoms with Crippen LogP contribution in [0.5, 0.6) is 0 Å². The van der Waals surface area contributed by atoms with E-state index in [-0.39, 0.29) is 0 Å². The lowest BCUT2D eigenvalue weighted by Crippen LogP contribution is -2.02. The molecule has 0 aliphatic carbocycles. The van der Waals surface area contributed by atoms with Gasteiger partial charge in [-0.15, -0.1) is 0 Å². The summed E-state index contributed by atoms with van der Waals surface area (Å²) in [4.78, 5) is 0. The van der Waals surface area contributed by atoms with Crippen LogP contribution in [0.2, 0.25) is 0 Å². The molecular weight excluding hydrogens is 168 g/mol. The van der Waals surface area contributed by atoms with Crippen LogP contribution in [0.15, 0.2) is 0 Å². The lowest BCUT2D eigenvalue weighted by molar-refractivity contribution is 0.180. The monoisotopic (exact) mass is 180 g/mol. The molecule has 0 aliphatic heterocycles. The number of nitrogens with two attached hydrogens (primary N) is 1. The van der Waals surface area contributed by atoms with E-state index in [1.807, 2.05) is 13.0 Å². The number of nitrogen functional groups attached to an aromatic ring is 1. The van der Waals surface area contributed by atoms with Crippen molar-refractivity contribution in [2.24, 2.45) is 0 Å². The summed E-state index contributed by atoms with van der Waals surface area (Å²) < 4.78 is 6.49. The largest absolute Gasteiger partial charge is 0.383 e. The average Bonchev–Trinajstić information content (AvgIpc) is 2.43. The minimum absolute atomic E-state index is 0.320. The van der Waals surface area contributed by atoms with E-state index >= 15 is 0 Å². The molecule has 0 saturated heterocycles. The van der Waals surface area contributed by atoms with Crippen molar-refractivity contribution in [2.45, 2.75) is 20.1 Å². The first-order valence-corrected chi connectivity index (χ1v) is 3.98. The van der Waals surface area contributed by atoms with Crippen molar-refractivity contribution in [1.29, 1.82) is 5.26 Å². The number of ether oxygens (including phenoxy) is 1. The molecule has 70 valence electrons. The predicted molar refractivity (Wildman–Crippen MR) is 47.7 cm³/mol. The molecule has 0 amide bonds. The maximum absolute atomic E-state index is 8.80. The van der Waals surface area contributed by atoms with Crippen LogP contribution < -0.4 is 5.73 Å². The van der Waals surface area contributed by atoms with E-state index in [1.54, 1.807) is 11.8 Å². The van der Waals surface area contributed by atoms with Gasteiger partial charge in [-0.3, -0.25) is 0 Å². The first kappa shape index (κ1) is 9.55. The highest BCUT2D eigenvalue weighted by atomic mass is 16.5. The summed E-state index contributed by atoms with van der Waals surface area (Å²) in [6, 6.07) is 2.02. The minimum atomic E-state index is 0.320. The van der Waals surface area contributed by atoms with Crippen LogP contribution in [-0.2, 0) is 17.9 Å². The molecule has 2 N–H and O–H groups in total. The molecule has 0 spiro atoms. The van der Waals surface area contributed by atoms with Gasteiger partial charge in [0.25, 0.3) is 0 Å². The Labute approximate surface area is 76.7 Å². The first-order chi connectivity index (χ1) is 6.24. The highest BCUT2D eigenvalue weighted by molar-refractivity contribution is 5.51. The zero-order chi connectivity index (χ0) is 9.84. The number of methoxy groups -OCH3 is 1. The van der Waals surface area contributed by atoms with Crippen molar-refractivity contribution in [3.63, 3.8) is 0 Å².